The van der Waals surface area contributed by atoms with E-state index in [1.165, 1.54) is 321 Å². The number of carbonyl (C=O) groups excluding carboxylic acids is 2. The van der Waals surface area contributed by atoms with Gasteiger partial charge in [-0.05, 0) is 77.0 Å². The monoisotopic (exact) mass is 1290 g/mol. The molecule has 0 aromatic rings. The van der Waals surface area contributed by atoms with E-state index in [0.717, 1.165) is 44.9 Å². The van der Waals surface area contributed by atoms with Gasteiger partial charge in [-0.25, -0.2) is 4.57 Å². The second-order valence-corrected chi connectivity index (χ2v) is 29.5. The van der Waals surface area contributed by atoms with E-state index in [-0.39, 0.29) is 25.6 Å². The molecule has 0 aromatic heterocycles. The molecule has 9 nitrogen and oxygen atoms in total. The van der Waals surface area contributed by atoms with Gasteiger partial charge < -0.3 is 18.9 Å². The van der Waals surface area contributed by atoms with Crippen molar-refractivity contribution in [2.75, 3.05) is 47.5 Å². The van der Waals surface area contributed by atoms with Crippen LogP contribution < -0.4 is 0 Å². The number of phosphoric ester groups is 1. The molecule has 0 aromatic carbocycles. The van der Waals surface area contributed by atoms with Gasteiger partial charge in [0.15, 0.2) is 6.10 Å². The molecule has 0 fully saturated rings. The molecule has 0 aliphatic carbocycles. The SMILES string of the molecule is CCCCCCC/C=C\C/C=C\C/C=C\CCCCCCCCCCCCCCCCCCC(=O)OC(COC(=O)CCCCCCCCCCCCCCCCCCCCCCCCC/C=C\CCCCCCCCCC)COP(=O)(O)OCC[N+](C)(C)C. The van der Waals surface area contributed by atoms with E-state index in [0.29, 0.717) is 23.9 Å². The summed E-state index contributed by atoms with van der Waals surface area (Å²) in [6, 6.07) is 0. The molecule has 0 aliphatic rings. The summed E-state index contributed by atoms with van der Waals surface area (Å²) in [7, 11) is 1.50. The lowest BCUT2D eigenvalue weighted by molar-refractivity contribution is -0.870. The number of rotatable bonds is 74. The van der Waals surface area contributed by atoms with Gasteiger partial charge in [0.05, 0.1) is 27.7 Å². The molecule has 0 rings (SSSR count). The molecule has 0 radical (unpaired) electrons. The number of likely N-dealkylation sites (N-methyl/N-ethyl adjacent to an activating group) is 1. The molecule has 10 heteroatoms. The number of hydrogen-bond donors (Lipinski definition) is 1. The minimum atomic E-state index is -4.39. The number of phosphoric acid groups is 1. The Morgan fingerprint density at radius 2 is 0.600 bits per heavy atom. The van der Waals surface area contributed by atoms with Crippen LogP contribution in [0, 0.1) is 0 Å². The first-order valence-electron chi connectivity index (χ1n) is 39.4. The van der Waals surface area contributed by atoms with E-state index < -0.39 is 26.5 Å². The average Bonchev–Trinajstić information content (AvgIpc) is 3.58. The lowest BCUT2D eigenvalue weighted by Gasteiger charge is -2.24. The van der Waals surface area contributed by atoms with Crippen LogP contribution in [0.3, 0.4) is 0 Å². The maximum absolute atomic E-state index is 12.9. The molecular weight excluding hydrogens is 1130 g/mol. The maximum atomic E-state index is 12.9. The van der Waals surface area contributed by atoms with Crippen LogP contribution in [0.1, 0.15) is 399 Å². The van der Waals surface area contributed by atoms with Gasteiger partial charge in [-0.15, -0.1) is 0 Å². The van der Waals surface area contributed by atoms with Crippen LogP contribution in [-0.2, 0) is 32.7 Å². The highest BCUT2D eigenvalue weighted by molar-refractivity contribution is 7.47. The summed E-state index contributed by atoms with van der Waals surface area (Å²) in [5, 5.41) is 0. The molecule has 0 bridgehead atoms. The second kappa shape index (κ2) is 71.3. The zero-order valence-electron chi connectivity index (χ0n) is 60.7. The Morgan fingerprint density at radius 1 is 0.344 bits per heavy atom. The smallest absolute Gasteiger partial charge is 0.462 e. The van der Waals surface area contributed by atoms with Crippen molar-refractivity contribution in [3.8, 4) is 0 Å². The number of esters is 2. The van der Waals surface area contributed by atoms with Gasteiger partial charge in [0.1, 0.15) is 19.8 Å². The quantitative estimate of drug-likeness (QED) is 0.0211. The van der Waals surface area contributed by atoms with Crippen molar-refractivity contribution in [1.29, 1.82) is 0 Å². The van der Waals surface area contributed by atoms with Crippen molar-refractivity contribution in [2.45, 2.75) is 405 Å². The molecule has 0 saturated carbocycles. The molecule has 1 N–H and O–H groups in total. The summed E-state index contributed by atoms with van der Waals surface area (Å²) in [6.07, 6.45) is 94.0. The molecule has 0 spiro atoms. The van der Waals surface area contributed by atoms with Gasteiger partial charge >= 0.3 is 19.8 Å². The Morgan fingerprint density at radius 3 is 0.900 bits per heavy atom. The van der Waals surface area contributed by atoms with E-state index >= 15 is 0 Å². The fraction of sp³-hybridized carbons (Fsp3) is 0.875. The molecule has 0 amide bonds. The Balaban J connectivity index is 3.93. The van der Waals surface area contributed by atoms with Crippen LogP contribution in [-0.4, -0.2) is 74.9 Å². The lowest BCUT2D eigenvalue weighted by atomic mass is 10.0. The number of nitrogens with zero attached hydrogens (tertiary/aromatic N) is 1. The van der Waals surface area contributed by atoms with Gasteiger partial charge in [0, 0.05) is 12.8 Å². The highest BCUT2D eigenvalue weighted by atomic mass is 31.2. The first kappa shape index (κ1) is 88.0. The number of carbonyl (C=O) groups is 2. The number of allylic oxidation sites excluding steroid dienone is 8. The molecule has 0 saturated heterocycles. The summed E-state index contributed by atoms with van der Waals surface area (Å²) in [5.41, 5.74) is 0. The van der Waals surface area contributed by atoms with Crippen molar-refractivity contribution >= 4 is 19.8 Å². The van der Waals surface area contributed by atoms with Gasteiger partial charge in [-0.1, -0.05) is 358 Å². The molecule has 530 valence electrons. The van der Waals surface area contributed by atoms with Crippen LogP contribution in [0.15, 0.2) is 48.6 Å². The summed E-state index contributed by atoms with van der Waals surface area (Å²) >= 11 is 0. The highest BCUT2D eigenvalue weighted by Crippen LogP contribution is 2.43. The van der Waals surface area contributed by atoms with Gasteiger partial charge in [0.25, 0.3) is 0 Å². The Hall–Kier alpha value is -2.03. The van der Waals surface area contributed by atoms with Crippen LogP contribution in [0.2, 0.25) is 0 Å². The predicted octanol–water partition coefficient (Wildman–Crippen LogP) is 26.0. The van der Waals surface area contributed by atoms with Crippen molar-refractivity contribution in [3.05, 3.63) is 48.6 Å². The lowest BCUT2D eigenvalue weighted by Crippen LogP contribution is -2.37. The van der Waals surface area contributed by atoms with Gasteiger partial charge in [-0.3, -0.25) is 18.6 Å². The van der Waals surface area contributed by atoms with Crippen LogP contribution in [0.4, 0.5) is 0 Å². The average molecular weight is 1290 g/mol. The minimum Gasteiger partial charge on any atom is -0.462 e. The van der Waals surface area contributed by atoms with E-state index in [1.807, 2.05) is 21.1 Å². The van der Waals surface area contributed by atoms with Crippen molar-refractivity contribution in [3.63, 3.8) is 0 Å². The standard InChI is InChI=1S/C80H152NO8P/c1-6-8-10-12-14-16-18-20-22-24-26-28-30-32-34-36-38-39-40-41-43-44-46-48-50-52-54-56-58-60-62-64-66-68-70-72-79(82)86-76-78(77-88-90(84,85)87-75-74-81(3,4)5)89-80(83)73-71-69-67-65-63-61-59-57-55-53-51-49-47-45-42-37-35-33-31-29-27-25-23-21-19-17-15-13-11-9-7-2/h19,21,24-27,31,33,78H,6-18,20,22-23,28-30,32,34-77H2,1-5H3/p+1/b21-19-,26-24-,27-25-,33-31-. The minimum absolute atomic E-state index is 0.0338. The Kier molecular flexibility index (Phi) is 69.7. The zero-order valence-corrected chi connectivity index (χ0v) is 61.5. The van der Waals surface area contributed by atoms with Crippen molar-refractivity contribution in [1.82, 2.24) is 0 Å². The van der Waals surface area contributed by atoms with Crippen LogP contribution in [0.5, 0.6) is 0 Å². The molecule has 90 heavy (non-hydrogen) atoms. The first-order chi connectivity index (χ1) is 44.0. The van der Waals surface area contributed by atoms with Crippen molar-refractivity contribution in [2.24, 2.45) is 0 Å². The summed E-state index contributed by atoms with van der Waals surface area (Å²) in [6.45, 7) is 4.49. The normalized spacial score (nSPS) is 13.3. The van der Waals surface area contributed by atoms with Crippen LogP contribution >= 0.6 is 7.82 Å². The van der Waals surface area contributed by atoms with E-state index in [9.17, 15) is 19.0 Å². The molecule has 0 heterocycles. The van der Waals surface area contributed by atoms with Gasteiger partial charge in [-0.2, -0.15) is 0 Å². The molecule has 2 atom stereocenters. The third kappa shape index (κ3) is 75.0. The Labute approximate surface area is 560 Å². The first-order valence-corrected chi connectivity index (χ1v) is 40.9. The molecule has 0 aliphatic heterocycles. The number of quaternary nitrogens is 1. The Bertz CT molecular complexity index is 1660. The van der Waals surface area contributed by atoms with Gasteiger partial charge in [0.2, 0.25) is 0 Å². The largest absolute Gasteiger partial charge is 0.472 e. The molecular formula is C80H153NO8P+. The number of unbranched alkanes of at least 4 members (excludes halogenated alkanes) is 52. The number of hydrogen-bond acceptors (Lipinski definition) is 7. The van der Waals surface area contributed by atoms with E-state index in [1.54, 1.807) is 0 Å². The van der Waals surface area contributed by atoms with Crippen LogP contribution in [0.25, 0.3) is 0 Å². The predicted molar refractivity (Wildman–Crippen MR) is 390 cm³/mol. The zero-order chi connectivity index (χ0) is 65.5. The third-order valence-corrected chi connectivity index (χ3v) is 18.8. The highest BCUT2D eigenvalue weighted by Gasteiger charge is 2.27. The fourth-order valence-electron chi connectivity index (χ4n) is 11.8. The topological polar surface area (TPSA) is 108 Å². The summed E-state index contributed by atoms with van der Waals surface area (Å²) < 4.78 is 34.8. The third-order valence-electron chi connectivity index (χ3n) is 17.8. The van der Waals surface area contributed by atoms with E-state index in [4.69, 9.17) is 18.5 Å². The summed E-state index contributed by atoms with van der Waals surface area (Å²) in [4.78, 5) is 36.0. The second-order valence-electron chi connectivity index (χ2n) is 28.1. The maximum Gasteiger partial charge on any atom is 0.472 e. The van der Waals surface area contributed by atoms with Crippen molar-refractivity contribution < 1.29 is 42.1 Å². The van der Waals surface area contributed by atoms with E-state index in [2.05, 4.69) is 62.5 Å². The molecule has 2 unspecified atom stereocenters. The number of ether oxygens (including phenoxy) is 2. The fourth-order valence-corrected chi connectivity index (χ4v) is 12.5. The summed E-state index contributed by atoms with van der Waals surface area (Å²) in [5.74, 6) is -0.775.